The summed E-state index contributed by atoms with van der Waals surface area (Å²) in [6, 6.07) is 17.3. The summed E-state index contributed by atoms with van der Waals surface area (Å²) in [5.74, 6) is 0. The minimum absolute atomic E-state index is 0.290. The van der Waals surface area contributed by atoms with Crippen LogP contribution in [-0.4, -0.2) is 7.11 Å². The van der Waals surface area contributed by atoms with Crippen LogP contribution in [0.4, 0.5) is 5.69 Å². The minimum Gasteiger partial charge on any atom is -0.380 e. The van der Waals surface area contributed by atoms with Gasteiger partial charge < -0.3 is 10.1 Å². The summed E-state index contributed by atoms with van der Waals surface area (Å²) in [7, 11) is 1.72. The Morgan fingerprint density at radius 2 is 1.84 bits per heavy atom. The van der Waals surface area contributed by atoms with Gasteiger partial charge >= 0.3 is 0 Å². The van der Waals surface area contributed by atoms with Crippen LogP contribution in [0.2, 0.25) is 0 Å². The van der Waals surface area contributed by atoms with Gasteiger partial charge in [0, 0.05) is 18.8 Å². The lowest BCUT2D eigenvalue weighted by atomic mass is 10.1. The highest BCUT2D eigenvalue weighted by atomic mass is 16.5. The standard InChI is InChI=1S/C17H21NO/c1-13-7-9-16(10-8-13)14(2)18-17-6-4-5-15(11-17)12-19-3/h4-11,14,18H,12H2,1-3H3. The van der Waals surface area contributed by atoms with Crippen LogP contribution in [0, 0.1) is 6.92 Å². The van der Waals surface area contributed by atoms with Gasteiger partial charge in [-0.2, -0.15) is 0 Å². The molecular weight excluding hydrogens is 234 g/mol. The predicted molar refractivity (Wildman–Crippen MR) is 80.4 cm³/mol. The molecular formula is C17H21NO. The number of methoxy groups -OCH3 is 1. The summed E-state index contributed by atoms with van der Waals surface area (Å²) in [4.78, 5) is 0. The first-order valence-electron chi connectivity index (χ1n) is 6.60. The van der Waals surface area contributed by atoms with Crippen molar-refractivity contribution in [1.29, 1.82) is 0 Å². The van der Waals surface area contributed by atoms with E-state index < -0.39 is 0 Å². The van der Waals surface area contributed by atoms with Gasteiger partial charge in [-0.15, -0.1) is 0 Å². The minimum atomic E-state index is 0.290. The van der Waals surface area contributed by atoms with Gasteiger partial charge in [-0.25, -0.2) is 0 Å². The van der Waals surface area contributed by atoms with Gasteiger partial charge in [0.25, 0.3) is 0 Å². The molecule has 2 nitrogen and oxygen atoms in total. The van der Waals surface area contributed by atoms with E-state index in [-0.39, 0.29) is 0 Å². The third-order valence-electron chi connectivity index (χ3n) is 3.20. The van der Waals surface area contributed by atoms with Crippen LogP contribution >= 0.6 is 0 Å². The molecule has 2 heteroatoms. The third kappa shape index (κ3) is 3.83. The van der Waals surface area contributed by atoms with Gasteiger partial charge in [0.15, 0.2) is 0 Å². The Hall–Kier alpha value is -1.80. The lowest BCUT2D eigenvalue weighted by Gasteiger charge is -2.16. The number of hydrogen-bond acceptors (Lipinski definition) is 2. The molecule has 0 aliphatic heterocycles. The quantitative estimate of drug-likeness (QED) is 0.859. The number of rotatable bonds is 5. The predicted octanol–water partition coefficient (Wildman–Crippen LogP) is 4.31. The number of anilines is 1. The maximum absolute atomic E-state index is 5.16. The summed E-state index contributed by atoms with van der Waals surface area (Å²) in [5.41, 5.74) is 4.90. The van der Waals surface area contributed by atoms with Crippen molar-refractivity contribution in [3.63, 3.8) is 0 Å². The monoisotopic (exact) mass is 255 g/mol. The zero-order valence-electron chi connectivity index (χ0n) is 11.8. The van der Waals surface area contributed by atoms with Crippen molar-refractivity contribution in [2.45, 2.75) is 26.5 Å². The highest BCUT2D eigenvalue weighted by molar-refractivity contribution is 5.47. The van der Waals surface area contributed by atoms with Crippen molar-refractivity contribution in [3.05, 3.63) is 65.2 Å². The van der Waals surface area contributed by atoms with Crippen molar-refractivity contribution in [1.82, 2.24) is 0 Å². The van der Waals surface area contributed by atoms with E-state index in [0.717, 1.165) is 5.69 Å². The molecule has 0 aliphatic rings. The average molecular weight is 255 g/mol. The average Bonchev–Trinajstić information content (AvgIpc) is 2.40. The summed E-state index contributed by atoms with van der Waals surface area (Å²) in [6.45, 7) is 4.93. The molecule has 0 saturated heterocycles. The second-order valence-electron chi connectivity index (χ2n) is 4.91. The zero-order valence-corrected chi connectivity index (χ0v) is 11.8. The lowest BCUT2D eigenvalue weighted by molar-refractivity contribution is 0.185. The zero-order chi connectivity index (χ0) is 13.7. The van der Waals surface area contributed by atoms with Crippen molar-refractivity contribution in [2.24, 2.45) is 0 Å². The first-order valence-corrected chi connectivity index (χ1v) is 6.60. The van der Waals surface area contributed by atoms with Crippen LogP contribution in [-0.2, 0) is 11.3 Å². The molecule has 19 heavy (non-hydrogen) atoms. The summed E-state index contributed by atoms with van der Waals surface area (Å²) >= 11 is 0. The molecule has 1 atom stereocenters. The molecule has 0 radical (unpaired) electrons. The number of benzene rings is 2. The van der Waals surface area contributed by atoms with E-state index >= 15 is 0 Å². The van der Waals surface area contributed by atoms with Crippen molar-refractivity contribution >= 4 is 5.69 Å². The Morgan fingerprint density at radius 3 is 2.53 bits per heavy atom. The largest absolute Gasteiger partial charge is 0.380 e. The maximum atomic E-state index is 5.16. The SMILES string of the molecule is COCc1cccc(NC(C)c2ccc(C)cc2)c1. The lowest BCUT2D eigenvalue weighted by Crippen LogP contribution is -2.06. The molecule has 2 aromatic carbocycles. The Kier molecular flexibility index (Phi) is 4.58. The molecule has 0 heterocycles. The molecule has 2 aromatic rings. The highest BCUT2D eigenvalue weighted by Crippen LogP contribution is 2.20. The van der Waals surface area contributed by atoms with Crippen LogP contribution < -0.4 is 5.32 Å². The van der Waals surface area contributed by atoms with Crippen LogP contribution in [0.3, 0.4) is 0 Å². The Balaban J connectivity index is 2.07. The fourth-order valence-electron chi connectivity index (χ4n) is 2.11. The van der Waals surface area contributed by atoms with E-state index in [4.69, 9.17) is 4.74 Å². The molecule has 0 saturated carbocycles. The number of aryl methyl sites for hydroxylation is 1. The molecule has 0 bridgehead atoms. The van der Waals surface area contributed by atoms with Gasteiger partial charge in [0.1, 0.15) is 0 Å². The summed E-state index contributed by atoms with van der Waals surface area (Å²) in [5, 5.41) is 3.52. The molecule has 100 valence electrons. The molecule has 0 aliphatic carbocycles. The normalized spacial score (nSPS) is 12.2. The van der Waals surface area contributed by atoms with Gasteiger partial charge in [0.05, 0.1) is 6.61 Å². The van der Waals surface area contributed by atoms with Gasteiger partial charge in [-0.1, -0.05) is 42.0 Å². The second-order valence-corrected chi connectivity index (χ2v) is 4.91. The summed E-state index contributed by atoms with van der Waals surface area (Å²) < 4.78 is 5.16. The van der Waals surface area contributed by atoms with Crippen LogP contribution in [0.5, 0.6) is 0 Å². The molecule has 0 fully saturated rings. The van der Waals surface area contributed by atoms with Gasteiger partial charge in [-0.3, -0.25) is 0 Å². The Morgan fingerprint density at radius 1 is 1.11 bits per heavy atom. The molecule has 0 amide bonds. The Bertz CT molecular complexity index is 519. The second kappa shape index (κ2) is 6.39. The fourth-order valence-corrected chi connectivity index (χ4v) is 2.11. The summed E-state index contributed by atoms with van der Waals surface area (Å²) in [6.07, 6.45) is 0. The van der Waals surface area contributed by atoms with Crippen LogP contribution in [0.25, 0.3) is 0 Å². The molecule has 2 rings (SSSR count). The van der Waals surface area contributed by atoms with E-state index in [1.807, 2.05) is 0 Å². The van der Waals surface area contributed by atoms with Crippen molar-refractivity contribution < 1.29 is 4.74 Å². The molecule has 1 unspecified atom stereocenters. The van der Waals surface area contributed by atoms with E-state index in [1.54, 1.807) is 7.11 Å². The number of ether oxygens (including phenoxy) is 1. The molecule has 0 aromatic heterocycles. The molecule has 0 spiro atoms. The van der Waals surface area contributed by atoms with E-state index in [0.29, 0.717) is 12.6 Å². The fraction of sp³-hybridized carbons (Fsp3) is 0.294. The highest BCUT2D eigenvalue weighted by Gasteiger charge is 2.05. The first-order chi connectivity index (χ1) is 9.19. The van der Waals surface area contributed by atoms with E-state index in [9.17, 15) is 0 Å². The van der Waals surface area contributed by atoms with Crippen molar-refractivity contribution in [2.75, 3.05) is 12.4 Å². The smallest absolute Gasteiger partial charge is 0.0713 e. The van der Waals surface area contributed by atoms with E-state index in [2.05, 4.69) is 67.7 Å². The Labute approximate surface area is 115 Å². The maximum Gasteiger partial charge on any atom is 0.0713 e. The van der Waals surface area contributed by atoms with Gasteiger partial charge in [-0.05, 0) is 37.1 Å². The van der Waals surface area contributed by atoms with E-state index in [1.165, 1.54) is 16.7 Å². The topological polar surface area (TPSA) is 21.3 Å². The van der Waals surface area contributed by atoms with Crippen LogP contribution in [0.15, 0.2) is 48.5 Å². The van der Waals surface area contributed by atoms with Gasteiger partial charge in [0.2, 0.25) is 0 Å². The van der Waals surface area contributed by atoms with Crippen molar-refractivity contribution in [3.8, 4) is 0 Å². The number of nitrogens with one attached hydrogen (secondary N) is 1. The third-order valence-corrected chi connectivity index (χ3v) is 3.20. The number of hydrogen-bond donors (Lipinski definition) is 1. The van der Waals surface area contributed by atoms with Crippen LogP contribution in [0.1, 0.15) is 29.7 Å². The first kappa shape index (κ1) is 13.6. The molecule has 1 N–H and O–H groups in total.